The molecule has 0 aromatic heterocycles. The predicted molar refractivity (Wildman–Crippen MR) is 104 cm³/mol. The van der Waals surface area contributed by atoms with Gasteiger partial charge in [-0.3, -0.25) is 4.79 Å². The molecule has 1 aromatic carbocycles. The maximum absolute atomic E-state index is 13.9. The number of methoxy groups -OCH3 is 1. The fraction of sp³-hybridized carbons (Fsp3) is 0.286. The van der Waals surface area contributed by atoms with E-state index in [0.717, 1.165) is 0 Å². The molecule has 2 heterocycles. The maximum Gasteiger partial charge on any atom is 0.340 e. The summed E-state index contributed by atoms with van der Waals surface area (Å²) >= 11 is 0. The van der Waals surface area contributed by atoms with Crippen molar-refractivity contribution in [2.45, 2.75) is 19.3 Å². The molecule has 29 heavy (non-hydrogen) atoms. The standard InChI is InChI=1S/C21H22N2O6/c1-5-11-23-14-10-8-7-9-13(14)21(20(23)26)15(19(25)28-6-2)12(3)29-17(22)16(21)18(24)27-4/h5,7-10H,1,6,11,22H2,2-4H3/t21-/m1/s1. The number of amides is 1. The molecular formula is C21H22N2O6. The normalized spacial score (nSPS) is 20.5. The van der Waals surface area contributed by atoms with E-state index < -0.39 is 23.3 Å². The Labute approximate surface area is 168 Å². The van der Waals surface area contributed by atoms with Crippen LogP contribution in [0.2, 0.25) is 0 Å². The largest absolute Gasteiger partial charge is 0.465 e. The van der Waals surface area contributed by atoms with Gasteiger partial charge in [0.25, 0.3) is 0 Å². The molecule has 2 aliphatic heterocycles. The summed E-state index contributed by atoms with van der Waals surface area (Å²) in [6, 6.07) is 6.87. The van der Waals surface area contributed by atoms with E-state index in [0.29, 0.717) is 11.3 Å². The highest BCUT2D eigenvalue weighted by Crippen LogP contribution is 2.54. The zero-order valence-corrected chi connectivity index (χ0v) is 16.5. The Morgan fingerprint density at radius 3 is 2.59 bits per heavy atom. The van der Waals surface area contributed by atoms with E-state index in [1.807, 2.05) is 0 Å². The van der Waals surface area contributed by atoms with E-state index in [1.165, 1.54) is 18.9 Å². The molecule has 0 saturated heterocycles. The molecule has 152 valence electrons. The molecule has 0 saturated carbocycles. The van der Waals surface area contributed by atoms with E-state index >= 15 is 0 Å². The molecule has 8 nitrogen and oxygen atoms in total. The second kappa shape index (κ2) is 7.46. The van der Waals surface area contributed by atoms with Gasteiger partial charge in [-0.1, -0.05) is 24.3 Å². The number of hydrogen-bond donors (Lipinski definition) is 1. The first-order chi connectivity index (χ1) is 13.9. The Kier molecular flexibility index (Phi) is 5.19. The third-order valence-corrected chi connectivity index (χ3v) is 4.96. The van der Waals surface area contributed by atoms with E-state index in [4.69, 9.17) is 19.9 Å². The van der Waals surface area contributed by atoms with E-state index in [2.05, 4.69) is 6.58 Å². The Morgan fingerprint density at radius 1 is 1.28 bits per heavy atom. The van der Waals surface area contributed by atoms with Crippen molar-refractivity contribution in [2.75, 3.05) is 25.2 Å². The summed E-state index contributed by atoms with van der Waals surface area (Å²) in [5.41, 5.74) is 4.81. The van der Waals surface area contributed by atoms with Crippen LogP contribution in [-0.4, -0.2) is 38.1 Å². The van der Waals surface area contributed by atoms with Gasteiger partial charge >= 0.3 is 11.9 Å². The number of nitrogens with two attached hydrogens (primary N) is 1. The molecule has 0 bridgehead atoms. The first-order valence-electron chi connectivity index (χ1n) is 9.03. The van der Waals surface area contributed by atoms with Crippen molar-refractivity contribution < 1.29 is 28.6 Å². The van der Waals surface area contributed by atoms with Gasteiger partial charge in [-0.25, -0.2) is 9.59 Å². The van der Waals surface area contributed by atoms with Gasteiger partial charge < -0.3 is 24.8 Å². The third-order valence-electron chi connectivity index (χ3n) is 4.96. The van der Waals surface area contributed by atoms with Crippen LogP contribution < -0.4 is 10.6 Å². The minimum atomic E-state index is -1.84. The smallest absolute Gasteiger partial charge is 0.340 e. The first-order valence-corrected chi connectivity index (χ1v) is 9.03. The Morgan fingerprint density at radius 2 is 1.97 bits per heavy atom. The molecule has 2 N–H and O–H groups in total. The monoisotopic (exact) mass is 398 g/mol. The quantitative estimate of drug-likeness (QED) is 0.594. The number of hydrogen-bond acceptors (Lipinski definition) is 7. The van der Waals surface area contributed by atoms with Gasteiger partial charge in [-0.15, -0.1) is 6.58 Å². The Hall–Kier alpha value is -3.55. The van der Waals surface area contributed by atoms with Crippen molar-refractivity contribution in [1.82, 2.24) is 0 Å². The second-order valence-corrected chi connectivity index (χ2v) is 6.46. The summed E-state index contributed by atoms with van der Waals surface area (Å²) in [4.78, 5) is 41.1. The van der Waals surface area contributed by atoms with Crippen molar-refractivity contribution in [1.29, 1.82) is 0 Å². The molecule has 1 spiro atoms. The minimum absolute atomic E-state index is 0.0741. The first kappa shape index (κ1) is 20.2. The number of para-hydroxylation sites is 1. The van der Waals surface area contributed by atoms with Gasteiger partial charge in [0.1, 0.15) is 22.3 Å². The summed E-state index contributed by atoms with van der Waals surface area (Å²) in [6.07, 6.45) is 1.55. The van der Waals surface area contributed by atoms with Gasteiger partial charge in [-0.2, -0.15) is 0 Å². The molecule has 1 atom stereocenters. The molecular weight excluding hydrogens is 376 g/mol. The molecule has 2 aliphatic rings. The lowest BCUT2D eigenvalue weighted by Crippen LogP contribution is -2.50. The average molecular weight is 398 g/mol. The van der Waals surface area contributed by atoms with Gasteiger partial charge in [-0.05, 0) is 19.9 Å². The highest BCUT2D eigenvalue weighted by Gasteiger charge is 2.63. The molecule has 8 heteroatoms. The lowest BCUT2D eigenvalue weighted by Gasteiger charge is -2.36. The number of benzene rings is 1. The highest BCUT2D eigenvalue weighted by atomic mass is 16.5. The molecule has 1 aromatic rings. The summed E-state index contributed by atoms with van der Waals surface area (Å²) in [7, 11) is 1.17. The topological polar surface area (TPSA) is 108 Å². The lowest BCUT2D eigenvalue weighted by atomic mass is 9.67. The number of esters is 2. The van der Waals surface area contributed by atoms with Crippen LogP contribution in [0, 0.1) is 0 Å². The van der Waals surface area contributed by atoms with Crippen molar-refractivity contribution >= 4 is 23.5 Å². The number of fused-ring (bicyclic) bond motifs is 2. The van der Waals surface area contributed by atoms with Gasteiger partial charge in [0.15, 0.2) is 0 Å². The number of rotatable bonds is 5. The Balaban J connectivity index is 2.45. The van der Waals surface area contributed by atoms with Crippen molar-refractivity contribution in [3.8, 4) is 0 Å². The fourth-order valence-electron chi connectivity index (χ4n) is 3.94. The predicted octanol–water partition coefficient (Wildman–Crippen LogP) is 1.67. The second-order valence-electron chi connectivity index (χ2n) is 6.46. The zero-order chi connectivity index (χ0) is 21.3. The summed E-state index contributed by atoms with van der Waals surface area (Å²) < 4.78 is 15.6. The molecule has 0 aliphatic carbocycles. The summed E-state index contributed by atoms with van der Waals surface area (Å²) in [5, 5.41) is 0. The van der Waals surface area contributed by atoms with Crippen LogP contribution >= 0.6 is 0 Å². The van der Waals surface area contributed by atoms with Crippen molar-refractivity contribution in [3.63, 3.8) is 0 Å². The van der Waals surface area contributed by atoms with E-state index in [-0.39, 0.29) is 35.9 Å². The van der Waals surface area contributed by atoms with Crippen LogP contribution in [0.25, 0.3) is 0 Å². The van der Waals surface area contributed by atoms with Gasteiger partial charge in [0.05, 0.1) is 13.7 Å². The number of anilines is 1. The SMILES string of the molecule is C=CCN1C(=O)[C@@]2(C(C(=O)OCC)=C(C)OC(N)=C2C(=O)OC)c2ccccc21. The summed E-state index contributed by atoms with van der Waals surface area (Å²) in [5.74, 6) is -2.40. The maximum atomic E-state index is 13.9. The Bertz CT molecular complexity index is 977. The molecule has 3 rings (SSSR count). The van der Waals surface area contributed by atoms with Gasteiger partial charge in [0, 0.05) is 17.8 Å². The molecule has 0 radical (unpaired) electrons. The number of carbonyl (C=O) groups excluding carboxylic acids is 3. The molecule has 0 fully saturated rings. The van der Waals surface area contributed by atoms with Crippen LogP contribution in [0.3, 0.4) is 0 Å². The van der Waals surface area contributed by atoms with E-state index in [1.54, 1.807) is 37.3 Å². The van der Waals surface area contributed by atoms with Crippen LogP contribution in [0.4, 0.5) is 5.69 Å². The van der Waals surface area contributed by atoms with E-state index in [9.17, 15) is 14.4 Å². The highest BCUT2D eigenvalue weighted by molar-refractivity contribution is 6.22. The average Bonchev–Trinajstić information content (AvgIpc) is 2.91. The zero-order valence-electron chi connectivity index (χ0n) is 16.5. The minimum Gasteiger partial charge on any atom is -0.465 e. The van der Waals surface area contributed by atoms with Crippen LogP contribution in [0.5, 0.6) is 0 Å². The number of ether oxygens (including phenoxy) is 3. The number of allylic oxidation sites excluding steroid dienone is 1. The van der Waals surface area contributed by atoms with Crippen molar-refractivity contribution in [2.24, 2.45) is 5.73 Å². The van der Waals surface area contributed by atoms with Gasteiger partial charge in [0.2, 0.25) is 11.8 Å². The third kappa shape index (κ3) is 2.71. The van der Waals surface area contributed by atoms with Crippen LogP contribution in [0.1, 0.15) is 19.4 Å². The number of carbonyl (C=O) groups is 3. The van der Waals surface area contributed by atoms with Crippen molar-refractivity contribution in [3.05, 3.63) is 65.3 Å². The number of nitrogens with zero attached hydrogens (tertiary/aromatic N) is 1. The molecule has 1 amide bonds. The van der Waals surface area contributed by atoms with Crippen LogP contribution in [-0.2, 0) is 34.0 Å². The lowest BCUT2D eigenvalue weighted by molar-refractivity contribution is -0.142. The fourth-order valence-corrected chi connectivity index (χ4v) is 3.94. The van der Waals surface area contributed by atoms with Crippen LogP contribution in [0.15, 0.2) is 59.7 Å². The molecule has 0 unspecified atom stereocenters. The summed E-state index contributed by atoms with van der Waals surface area (Å²) in [6.45, 7) is 7.08.